The summed E-state index contributed by atoms with van der Waals surface area (Å²) in [6.07, 6.45) is 5.83. The lowest BCUT2D eigenvalue weighted by molar-refractivity contribution is -0.131. The van der Waals surface area contributed by atoms with Gasteiger partial charge in [0, 0.05) is 25.2 Å². The number of amides is 1. The number of rotatable bonds is 7. The average molecular weight is 289 g/mol. The fourth-order valence-corrected chi connectivity index (χ4v) is 2.13. The fraction of sp³-hybridized carbons (Fsp3) is 0.412. The molecule has 0 radical (unpaired) electrons. The molecule has 1 N–H and O–H groups in total. The number of unbranched alkanes of at least 4 members (excludes halogenated alkanes) is 2. The van der Waals surface area contributed by atoms with Crippen LogP contribution < -0.4 is 0 Å². The van der Waals surface area contributed by atoms with E-state index in [4.69, 9.17) is 5.11 Å². The van der Waals surface area contributed by atoms with Gasteiger partial charge < -0.3 is 10.0 Å². The van der Waals surface area contributed by atoms with Crippen molar-refractivity contribution in [2.24, 2.45) is 0 Å². The lowest BCUT2D eigenvalue weighted by Crippen LogP contribution is -2.28. The number of hydrogen-bond acceptors (Lipinski definition) is 2. The van der Waals surface area contributed by atoms with Crippen molar-refractivity contribution in [3.63, 3.8) is 0 Å². The Labute approximate surface area is 126 Å². The summed E-state index contributed by atoms with van der Waals surface area (Å²) in [5.41, 5.74) is 2.19. The monoisotopic (exact) mass is 289 g/mol. The number of nitrogens with zero attached hydrogens (tertiary/aromatic N) is 1. The van der Waals surface area contributed by atoms with Crippen LogP contribution in [0.25, 0.3) is 6.08 Å². The number of aliphatic carboxylic acids is 1. The first-order valence-corrected chi connectivity index (χ1v) is 7.23. The zero-order valence-corrected chi connectivity index (χ0v) is 12.9. The average Bonchev–Trinajstić information content (AvgIpc) is 2.45. The van der Waals surface area contributed by atoms with Gasteiger partial charge in [-0.05, 0) is 36.6 Å². The molecule has 114 valence electrons. The maximum atomic E-state index is 12.4. The number of hydrogen-bond donors (Lipinski definition) is 1. The molecule has 0 saturated carbocycles. The highest BCUT2D eigenvalue weighted by atomic mass is 16.4. The van der Waals surface area contributed by atoms with Gasteiger partial charge >= 0.3 is 5.97 Å². The van der Waals surface area contributed by atoms with Crippen LogP contribution in [0, 0.1) is 6.92 Å². The number of benzene rings is 1. The van der Waals surface area contributed by atoms with Crippen molar-refractivity contribution in [1.29, 1.82) is 0 Å². The molecule has 0 aliphatic rings. The van der Waals surface area contributed by atoms with Gasteiger partial charge in [-0.1, -0.05) is 31.9 Å². The number of carboxylic acids is 1. The number of carbonyl (C=O) groups excluding carboxylic acids is 1. The third-order valence-corrected chi connectivity index (χ3v) is 3.46. The number of carbonyl (C=O) groups is 2. The third kappa shape index (κ3) is 5.06. The van der Waals surface area contributed by atoms with E-state index in [0.29, 0.717) is 5.56 Å². The van der Waals surface area contributed by atoms with E-state index in [-0.39, 0.29) is 5.91 Å². The van der Waals surface area contributed by atoms with Crippen LogP contribution in [-0.4, -0.2) is 35.5 Å². The molecule has 4 heteroatoms. The minimum absolute atomic E-state index is 0.0193. The van der Waals surface area contributed by atoms with Crippen molar-refractivity contribution in [2.75, 3.05) is 13.6 Å². The van der Waals surface area contributed by atoms with Crippen LogP contribution in [0.1, 0.15) is 47.7 Å². The van der Waals surface area contributed by atoms with E-state index in [0.717, 1.165) is 43.0 Å². The van der Waals surface area contributed by atoms with Gasteiger partial charge in [-0.2, -0.15) is 0 Å². The molecule has 0 spiro atoms. The zero-order valence-electron chi connectivity index (χ0n) is 12.9. The second-order valence-electron chi connectivity index (χ2n) is 5.13. The van der Waals surface area contributed by atoms with Crippen LogP contribution in [0.5, 0.6) is 0 Å². The second-order valence-corrected chi connectivity index (χ2v) is 5.13. The topological polar surface area (TPSA) is 57.6 Å². The summed E-state index contributed by atoms with van der Waals surface area (Å²) in [6, 6.07) is 5.37. The Morgan fingerprint density at radius 3 is 2.62 bits per heavy atom. The predicted molar refractivity (Wildman–Crippen MR) is 84.3 cm³/mol. The molecule has 21 heavy (non-hydrogen) atoms. The Hall–Kier alpha value is -2.10. The maximum Gasteiger partial charge on any atom is 0.328 e. The normalized spacial score (nSPS) is 10.8. The van der Waals surface area contributed by atoms with Crippen molar-refractivity contribution < 1.29 is 14.7 Å². The summed E-state index contributed by atoms with van der Waals surface area (Å²) in [7, 11) is 1.80. The second kappa shape index (κ2) is 8.25. The molecule has 1 amide bonds. The quantitative estimate of drug-likeness (QED) is 0.618. The first kappa shape index (κ1) is 17.0. The Morgan fingerprint density at radius 1 is 1.29 bits per heavy atom. The Morgan fingerprint density at radius 2 is 2.00 bits per heavy atom. The van der Waals surface area contributed by atoms with E-state index in [1.54, 1.807) is 24.1 Å². The Bertz CT molecular complexity index is 535. The summed E-state index contributed by atoms with van der Waals surface area (Å²) in [5.74, 6) is -1.02. The van der Waals surface area contributed by atoms with E-state index < -0.39 is 5.97 Å². The SMILES string of the molecule is CCCCCN(C)C(=O)c1cccc(C=CC(=O)O)c1C. The van der Waals surface area contributed by atoms with Crippen molar-refractivity contribution >= 4 is 18.0 Å². The molecular formula is C17H23NO3. The summed E-state index contributed by atoms with van der Waals surface area (Å²) >= 11 is 0. The molecular weight excluding hydrogens is 266 g/mol. The molecule has 0 bridgehead atoms. The summed E-state index contributed by atoms with van der Waals surface area (Å²) in [4.78, 5) is 24.8. The number of carboxylic acid groups (broad SMARTS) is 1. The molecule has 0 saturated heterocycles. The minimum atomic E-state index is -0.997. The van der Waals surface area contributed by atoms with E-state index >= 15 is 0 Å². The summed E-state index contributed by atoms with van der Waals surface area (Å²) < 4.78 is 0. The standard InChI is InChI=1S/C17H23NO3/c1-4-5-6-12-18(3)17(21)15-9-7-8-14(13(15)2)10-11-16(19)20/h7-11H,4-6,12H2,1-3H3,(H,19,20). The first-order valence-electron chi connectivity index (χ1n) is 7.23. The molecule has 1 rings (SSSR count). The highest BCUT2D eigenvalue weighted by Crippen LogP contribution is 2.17. The van der Waals surface area contributed by atoms with E-state index in [9.17, 15) is 9.59 Å². The first-order chi connectivity index (χ1) is 9.97. The van der Waals surface area contributed by atoms with E-state index in [1.807, 2.05) is 13.0 Å². The highest BCUT2D eigenvalue weighted by Gasteiger charge is 2.14. The van der Waals surface area contributed by atoms with Crippen LogP contribution in [0.4, 0.5) is 0 Å². The predicted octanol–water partition coefficient (Wildman–Crippen LogP) is 3.36. The van der Waals surface area contributed by atoms with Crippen molar-refractivity contribution in [3.05, 3.63) is 41.0 Å². The molecule has 1 aromatic rings. The van der Waals surface area contributed by atoms with Crippen LogP contribution in [0.3, 0.4) is 0 Å². The van der Waals surface area contributed by atoms with Gasteiger partial charge in [0.15, 0.2) is 0 Å². The van der Waals surface area contributed by atoms with Crippen molar-refractivity contribution in [1.82, 2.24) is 4.90 Å². The van der Waals surface area contributed by atoms with Gasteiger partial charge in [0.05, 0.1) is 0 Å². The summed E-state index contributed by atoms with van der Waals surface area (Å²) in [5, 5.41) is 8.69. The Balaban J connectivity index is 2.90. The molecule has 0 unspecified atom stereocenters. The molecule has 0 heterocycles. The lowest BCUT2D eigenvalue weighted by Gasteiger charge is -2.19. The largest absolute Gasteiger partial charge is 0.478 e. The molecule has 0 aliphatic carbocycles. The fourth-order valence-electron chi connectivity index (χ4n) is 2.13. The third-order valence-electron chi connectivity index (χ3n) is 3.46. The smallest absolute Gasteiger partial charge is 0.328 e. The van der Waals surface area contributed by atoms with Gasteiger partial charge in [0.25, 0.3) is 5.91 Å². The van der Waals surface area contributed by atoms with Crippen LogP contribution in [-0.2, 0) is 4.79 Å². The maximum absolute atomic E-state index is 12.4. The molecule has 4 nitrogen and oxygen atoms in total. The molecule has 0 atom stereocenters. The molecule has 0 aliphatic heterocycles. The summed E-state index contributed by atoms with van der Waals surface area (Å²) in [6.45, 7) is 4.71. The van der Waals surface area contributed by atoms with Crippen molar-refractivity contribution in [2.45, 2.75) is 33.1 Å². The molecule has 0 fully saturated rings. The minimum Gasteiger partial charge on any atom is -0.478 e. The van der Waals surface area contributed by atoms with Crippen molar-refractivity contribution in [3.8, 4) is 0 Å². The van der Waals surface area contributed by atoms with E-state index in [1.165, 1.54) is 6.08 Å². The van der Waals surface area contributed by atoms with Crippen LogP contribution in [0.2, 0.25) is 0 Å². The lowest BCUT2D eigenvalue weighted by atomic mass is 10.0. The van der Waals surface area contributed by atoms with E-state index in [2.05, 4.69) is 6.92 Å². The Kier molecular flexibility index (Phi) is 6.66. The molecule has 0 aromatic heterocycles. The van der Waals surface area contributed by atoms with Gasteiger partial charge in [0.1, 0.15) is 0 Å². The zero-order chi connectivity index (χ0) is 15.8. The van der Waals surface area contributed by atoms with Crippen LogP contribution >= 0.6 is 0 Å². The van der Waals surface area contributed by atoms with Gasteiger partial charge in [-0.3, -0.25) is 4.79 Å². The highest BCUT2D eigenvalue weighted by molar-refractivity contribution is 5.96. The van der Waals surface area contributed by atoms with Crippen LogP contribution in [0.15, 0.2) is 24.3 Å². The molecule has 1 aromatic carbocycles. The van der Waals surface area contributed by atoms with Gasteiger partial charge in [-0.15, -0.1) is 0 Å². The van der Waals surface area contributed by atoms with Gasteiger partial charge in [-0.25, -0.2) is 4.79 Å². The van der Waals surface area contributed by atoms with Gasteiger partial charge in [0.2, 0.25) is 0 Å².